The molecule has 114 valence electrons. The van der Waals surface area contributed by atoms with Crippen LogP contribution in [0.3, 0.4) is 0 Å². The van der Waals surface area contributed by atoms with Gasteiger partial charge in [0.15, 0.2) is 0 Å². The second-order valence-corrected chi connectivity index (χ2v) is 5.30. The molecule has 4 aromatic rings. The number of hydrogen-bond donors (Lipinski definition) is 0. The van der Waals surface area contributed by atoms with Crippen molar-refractivity contribution in [3.8, 4) is 17.3 Å². The Morgan fingerprint density at radius 1 is 1.04 bits per heavy atom. The predicted octanol–water partition coefficient (Wildman–Crippen LogP) is 2.54. The van der Waals surface area contributed by atoms with Gasteiger partial charge in [0, 0.05) is 20.3 Å². The Morgan fingerprint density at radius 2 is 1.91 bits per heavy atom. The van der Waals surface area contributed by atoms with Gasteiger partial charge in [-0.25, -0.2) is 9.97 Å². The first kappa shape index (κ1) is 13.4. The van der Waals surface area contributed by atoms with Gasteiger partial charge < -0.3 is 9.42 Å². The van der Waals surface area contributed by atoms with Crippen LogP contribution in [-0.4, -0.2) is 38.8 Å². The lowest BCUT2D eigenvalue weighted by molar-refractivity contribution is 0.430. The smallest absolute Gasteiger partial charge is 0.265 e. The van der Waals surface area contributed by atoms with Crippen molar-refractivity contribution in [2.24, 2.45) is 0 Å². The quantitative estimate of drug-likeness (QED) is 0.579. The molecule has 0 atom stereocenters. The highest BCUT2D eigenvalue weighted by Gasteiger charge is 2.11. The largest absolute Gasteiger partial charge is 0.344 e. The molecule has 0 saturated heterocycles. The predicted molar refractivity (Wildman–Crippen MR) is 86.5 cm³/mol. The van der Waals surface area contributed by atoms with Crippen molar-refractivity contribution in [3.63, 3.8) is 0 Å². The molecule has 3 heterocycles. The lowest BCUT2D eigenvalue weighted by atomic mass is 10.2. The average molecular weight is 306 g/mol. The van der Waals surface area contributed by atoms with Crippen LogP contribution in [0.15, 0.2) is 53.4 Å². The lowest BCUT2D eigenvalue weighted by Crippen LogP contribution is -2.10. The van der Waals surface area contributed by atoms with Crippen LogP contribution in [0.1, 0.15) is 0 Å². The molecule has 0 amide bonds. The first-order chi connectivity index (χ1) is 11.2. The number of imidazole rings is 1. The summed E-state index contributed by atoms with van der Waals surface area (Å²) in [7, 11) is 3.72. The summed E-state index contributed by atoms with van der Waals surface area (Å²) >= 11 is 0. The van der Waals surface area contributed by atoms with E-state index in [0.29, 0.717) is 11.8 Å². The van der Waals surface area contributed by atoms with Crippen LogP contribution in [0.25, 0.3) is 28.3 Å². The maximum absolute atomic E-state index is 5.25. The summed E-state index contributed by atoms with van der Waals surface area (Å²) in [4.78, 5) is 15.0. The Bertz CT molecular complexity index is 954. The van der Waals surface area contributed by atoms with Gasteiger partial charge in [-0.15, -0.1) is 0 Å². The van der Waals surface area contributed by atoms with Crippen molar-refractivity contribution in [1.29, 1.82) is 0 Å². The Kier molecular flexibility index (Phi) is 3.04. The molecule has 0 N–H and O–H groups in total. The molecular formula is C16H14N6O. The summed E-state index contributed by atoms with van der Waals surface area (Å²) in [5.74, 6) is 1.77. The lowest BCUT2D eigenvalue weighted by Gasteiger charge is -2.04. The molecule has 0 aliphatic heterocycles. The fourth-order valence-corrected chi connectivity index (χ4v) is 2.31. The van der Waals surface area contributed by atoms with Crippen LogP contribution in [0.5, 0.6) is 0 Å². The third-order valence-electron chi connectivity index (χ3n) is 3.51. The molecule has 0 aliphatic rings. The van der Waals surface area contributed by atoms with Gasteiger partial charge in [-0.05, 0) is 29.4 Å². The van der Waals surface area contributed by atoms with Crippen LogP contribution in [0.2, 0.25) is 0 Å². The molecule has 0 aliphatic carbocycles. The topological polar surface area (TPSA) is 72.9 Å². The van der Waals surface area contributed by atoms with E-state index in [1.165, 1.54) is 0 Å². The van der Waals surface area contributed by atoms with Gasteiger partial charge in [-0.2, -0.15) is 4.98 Å². The van der Waals surface area contributed by atoms with E-state index in [1.807, 2.05) is 55.1 Å². The molecule has 0 unspecified atom stereocenters. The monoisotopic (exact) mass is 306 g/mol. The van der Waals surface area contributed by atoms with E-state index in [1.54, 1.807) is 17.4 Å². The highest BCUT2D eigenvalue weighted by molar-refractivity contribution is 5.76. The zero-order chi connectivity index (χ0) is 15.8. The molecule has 1 aromatic carbocycles. The summed E-state index contributed by atoms with van der Waals surface area (Å²) in [6.45, 7) is 0. The number of aromatic nitrogens is 5. The summed E-state index contributed by atoms with van der Waals surface area (Å²) in [6.07, 6.45) is 3.49. The highest BCUT2D eigenvalue weighted by Crippen LogP contribution is 2.21. The Hall–Kier alpha value is -3.22. The summed E-state index contributed by atoms with van der Waals surface area (Å²) in [6, 6.07) is 11.7. The number of benzene rings is 1. The molecule has 0 fully saturated rings. The van der Waals surface area contributed by atoms with Gasteiger partial charge in [0.05, 0.1) is 16.6 Å². The van der Waals surface area contributed by atoms with Gasteiger partial charge >= 0.3 is 0 Å². The highest BCUT2D eigenvalue weighted by atomic mass is 16.5. The van der Waals surface area contributed by atoms with E-state index in [0.717, 1.165) is 22.4 Å². The SMILES string of the molecule is CN(C)c1noc(-c2ccc(-n3cnc4ccccc43)nc2)n1. The zero-order valence-corrected chi connectivity index (χ0v) is 12.7. The maximum Gasteiger partial charge on any atom is 0.265 e. The molecule has 3 aromatic heterocycles. The normalized spacial score (nSPS) is 11.0. The van der Waals surface area contributed by atoms with Crippen molar-refractivity contribution < 1.29 is 4.52 Å². The molecule has 23 heavy (non-hydrogen) atoms. The van der Waals surface area contributed by atoms with Crippen molar-refractivity contribution in [2.75, 3.05) is 19.0 Å². The molecule has 0 radical (unpaired) electrons. The summed E-state index contributed by atoms with van der Waals surface area (Å²) in [5, 5.41) is 3.90. The minimum atomic E-state index is 0.447. The number of hydrogen-bond acceptors (Lipinski definition) is 6. The van der Waals surface area contributed by atoms with E-state index in [2.05, 4.69) is 20.1 Å². The second-order valence-electron chi connectivity index (χ2n) is 5.30. The van der Waals surface area contributed by atoms with Crippen LogP contribution in [-0.2, 0) is 0 Å². The van der Waals surface area contributed by atoms with Crippen LogP contribution >= 0.6 is 0 Å². The first-order valence-corrected chi connectivity index (χ1v) is 7.12. The molecule has 0 spiro atoms. The van der Waals surface area contributed by atoms with E-state index in [9.17, 15) is 0 Å². The first-order valence-electron chi connectivity index (χ1n) is 7.12. The molecule has 4 rings (SSSR count). The number of fused-ring (bicyclic) bond motifs is 1. The number of nitrogens with zero attached hydrogens (tertiary/aromatic N) is 6. The van der Waals surface area contributed by atoms with E-state index >= 15 is 0 Å². The van der Waals surface area contributed by atoms with Crippen molar-refractivity contribution in [3.05, 3.63) is 48.9 Å². The zero-order valence-electron chi connectivity index (χ0n) is 12.7. The van der Waals surface area contributed by atoms with Gasteiger partial charge in [0.1, 0.15) is 12.1 Å². The maximum atomic E-state index is 5.25. The van der Waals surface area contributed by atoms with Crippen molar-refractivity contribution in [2.45, 2.75) is 0 Å². The minimum Gasteiger partial charge on any atom is -0.344 e. The van der Waals surface area contributed by atoms with Gasteiger partial charge in [0.25, 0.3) is 11.8 Å². The van der Waals surface area contributed by atoms with Crippen molar-refractivity contribution in [1.82, 2.24) is 24.7 Å². The third-order valence-corrected chi connectivity index (χ3v) is 3.51. The van der Waals surface area contributed by atoms with Gasteiger partial charge in [-0.1, -0.05) is 12.1 Å². The Balaban J connectivity index is 1.70. The number of pyridine rings is 1. The molecular weight excluding hydrogens is 292 g/mol. The van der Waals surface area contributed by atoms with Gasteiger partial charge in [0.2, 0.25) is 0 Å². The standard InChI is InChI=1S/C16H14N6O/c1-21(2)16-19-15(23-20-16)11-7-8-14(17-9-11)22-10-18-12-5-3-4-6-13(12)22/h3-10H,1-2H3. The average Bonchev–Trinajstić information content (AvgIpc) is 3.22. The molecule has 0 saturated carbocycles. The fraction of sp³-hybridized carbons (Fsp3) is 0.125. The number of para-hydroxylation sites is 2. The van der Waals surface area contributed by atoms with Crippen LogP contribution < -0.4 is 4.90 Å². The second kappa shape index (κ2) is 5.20. The van der Waals surface area contributed by atoms with Crippen LogP contribution in [0.4, 0.5) is 5.95 Å². The van der Waals surface area contributed by atoms with Gasteiger partial charge in [-0.3, -0.25) is 4.57 Å². The Labute approximate surface area is 132 Å². The van der Waals surface area contributed by atoms with Crippen LogP contribution in [0, 0.1) is 0 Å². The van der Waals surface area contributed by atoms with E-state index < -0.39 is 0 Å². The minimum absolute atomic E-state index is 0.447. The fourth-order valence-electron chi connectivity index (χ4n) is 2.31. The molecule has 0 bridgehead atoms. The van der Waals surface area contributed by atoms with Crippen molar-refractivity contribution >= 4 is 17.0 Å². The van der Waals surface area contributed by atoms with E-state index in [4.69, 9.17) is 4.52 Å². The summed E-state index contributed by atoms with van der Waals surface area (Å²) < 4.78 is 7.19. The van der Waals surface area contributed by atoms with E-state index in [-0.39, 0.29) is 0 Å². The Morgan fingerprint density at radius 3 is 2.65 bits per heavy atom. The molecule has 7 nitrogen and oxygen atoms in total. The molecule has 7 heteroatoms. The summed E-state index contributed by atoms with van der Waals surface area (Å²) in [5.41, 5.74) is 2.73. The third kappa shape index (κ3) is 2.32. The number of anilines is 1. The number of rotatable bonds is 3.